The topological polar surface area (TPSA) is 96.7 Å². The molecule has 1 amide bonds. The lowest BCUT2D eigenvalue weighted by molar-refractivity contribution is -0.115. The van der Waals surface area contributed by atoms with Crippen LogP contribution in [0.15, 0.2) is 83.4 Å². The second-order valence-corrected chi connectivity index (χ2v) is 9.56. The van der Waals surface area contributed by atoms with Crippen molar-refractivity contribution in [2.45, 2.75) is 32.4 Å². The minimum atomic E-state index is -0.392. The molecule has 1 saturated heterocycles. The van der Waals surface area contributed by atoms with Crippen molar-refractivity contribution in [2.24, 2.45) is 0 Å². The van der Waals surface area contributed by atoms with E-state index in [0.29, 0.717) is 28.6 Å². The number of methoxy groups -OCH3 is 1. The number of furan rings is 1. The number of aryl methyl sites for hydroxylation is 1. The summed E-state index contributed by atoms with van der Waals surface area (Å²) in [5, 5.41) is 6.91. The van der Waals surface area contributed by atoms with Crippen LogP contribution >= 0.6 is 12.2 Å². The minimum absolute atomic E-state index is 0.0416. The lowest BCUT2D eigenvalue weighted by Gasteiger charge is -2.26. The van der Waals surface area contributed by atoms with E-state index in [2.05, 4.69) is 15.6 Å². The molecule has 2 atom stereocenters. The highest BCUT2D eigenvalue weighted by Gasteiger charge is 2.42. The van der Waals surface area contributed by atoms with E-state index in [4.69, 9.17) is 21.4 Å². The van der Waals surface area contributed by atoms with Gasteiger partial charge in [-0.05, 0) is 79.3 Å². The molecule has 39 heavy (non-hydrogen) atoms. The summed E-state index contributed by atoms with van der Waals surface area (Å²) in [5.74, 6) is 0.926. The van der Waals surface area contributed by atoms with Gasteiger partial charge in [0.05, 0.1) is 24.4 Å². The Kier molecular flexibility index (Phi) is 7.42. The van der Waals surface area contributed by atoms with Gasteiger partial charge in [-0.15, -0.1) is 0 Å². The Balaban J connectivity index is 1.53. The van der Waals surface area contributed by atoms with Gasteiger partial charge in [0.25, 0.3) is 0 Å². The van der Waals surface area contributed by atoms with Gasteiger partial charge < -0.3 is 24.7 Å². The molecule has 5 rings (SSSR count). The Hall–Kier alpha value is -4.50. The van der Waals surface area contributed by atoms with Crippen molar-refractivity contribution in [1.29, 1.82) is 0 Å². The van der Waals surface area contributed by atoms with Crippen LogP contribution in [0.1, 0.15) is 52.8 Å². The average molecular weight is 541 g/mol. The van der Waals surface area contributed by atoms with Gasteiger partial charge in [0.15, 0.2) is 5.11 Å². The van der Waals surface area contributed by atoms with E-state index in [1.165, 1.54) is 7.11 Å². The van der Waals surface area contributed by atoms with Crippen molar-refractivity contribution in [1.82, 2.24) is 10.3 Å². The molecular formula is C30H28N4O4S. The highest BCUT2D eigenvalue weighted by molar-refractivity contribution is 7.80. The number of hydrogen-bond donors (Lipinski definition) is 2. The van der Waals surface area contributed by atoms with Crippen molar-refractivity contribution in [3.8, 4) is 11.3 Å². The standard InChI is InChI=1S/C30H28N4O4S/c1-4-26(35)32-22-13-12-21(17-18(22)2)34-28(27(33-30(34)39)23-7-5-6-16-31-23)25-15-14-24(38-25)19-8-10-20(11-9-19)29(36)37-3/h5-17,27-28H,4H2,1-3H3,(H,32,35)(H,33,39). The third-order valence-corrected chi connectivity index (χ3v) is 7.00. The van der Waals surface area contributed by atoms with Gasteiger partial charge in [0, 0.05) is 29.6 Å². The summed E-state index contributed by atoms with van der Waals surface area (Å²) >= 11 is 5.82. The SMILES string of the molecule is CCC(=O)Nc1ccc(N2C(=S)NC(c3ccccn3)C2c2ccc(-c3ccc(C(=O)OC)cc3)o2)cc1C. The van der Waals surface area contributed by atoms with E-state index < -0.39 is 5.97 Å². The molecule has 9 heteroatoms. The number of benzene rings is 2. The molecule has 2 aromatic carbocycles. The second kappa shape index (κ2) is 11.1. The summed E-state index contributed by atoms with van der Waals surface area (Å²) in [4.78, 5) is 30.4. The van der Waals surface area contributed by atoms with E-state index in [-0.39, 0.29) is 18.0 Å². The van der Waals surface area contributed by atoms with Crippen molar-refractivity contribution in [3.63, 3.8) is 0 Å². The van der Waals surface area contributed by atoms with Gasteiger partial charge in [-0.1, -0.05) is 25.1 Å². The first-order valence-electron chi connectivity index (χ1n) is 12.6. The first-order valence-corrected chi connectivity index (χ1v) is 13.0. The van der Waals surface area contributed by atoms with Crippen LogP contribution in [0.4, 0.5) is 11.4 Å². The molecule has 1 aliphatic heterocycles. The predicted octanol–water partition coefficient (Wildman–Crippen LogP) is 5.96. The third kappa shape index (κ3) is 5.26. The monoisotopic (exact) mass is 540 g/mol. The summed E-state index contributed by atoms with van der Waals surface area (Å²) in [5.41, 5.74) is 4.67. The molecule has 0 saturated carbocycles. The van der Waals surface area contributed by atoms with Crippen LogP contribution < -0.4 is 15.5 Å². The summed E-state index contributed by atoms with van der Waals surface area (Å²) in [6, 6.07) is 21.9. The molecule has 3 heterocycles. The summed E-state index contributed by atoms with van der Waals surface area (Å²) in [6.07, 6.45) is 2.16. The molecule has 1 aliphatic rings. The number of rotatable bonds is 7. The normalized spacial score (nSPS) is 16.6. The van der Waals surface area contributed by atoms with Crippen molar-refractivity contribution >= 4 is 40.6 Å². The number of nitrogens with zero attached hydrogens (tertiary/aromatic N) is 2. The van der Waals surface area contributed by atoms with Gasteiger partial charge in [0.2, 0.25) is 5.91 Å². The second-order valence-electron chi connectivity index (χ2n) is 9.17. The molecule has 0 bridgehead atoms. The van der Waals surface area contributed by atoms with Gasteiger partial charge in [0.1, 0.15) is 17.6 Å². The molecule has 2 N–H and O–H groups in total. The molecule has 2 unspecified atom stereocenters. The number of aromatic nitrogens is 1. The first-order chi connectivity index (χ1) is 18.9. The molecule has 1 fully saturated rings. The number of hydrogen-bond acceptors (Lipinski definition) is 6. The van der Waals surface area contributed by atoms with Crippen molar-refractivity contribution < 1.29 is 18.7 Å². The quantitative estimate of drug-likeness (QED) is 0.219. The van der Waals surface area contributed by atoms with Gasteiger partial charge in [-0.25, -0.2) is 4.79 Å². The van der Waals surface area contributed by atoms with Crippen LogP contribution in [0.3, 0.4) is 0 Å². The molecule has 0 radical (unpaired) electrons. The Morgan fingerprint density at radius 1 is 1.10 bits per heavy atom. The Labute approximate surface area is 232 Å². The summed E-state index contributed by atoms with van der Waals surface area (Å²) in [7, 11) is 1.36. The largest absolute Gasteiger partial charge is 0.465 e. The van der Waals surface area contributed by atoms with Gasteiger partial charge in [-0.2, -0.15) is 0 Å². The molecule has 8 nitrogen and oxygen atoms in total. The number of anilines is 2. The lowest BCUT2D eigenvalue weighted by atomic mass is 10.0. The Morgan fingerprint density at radius 3 is 2.56 bits per heavy atom. The molecule has 0 spiro atoms. The smallest absolute Gasteiger partial charge is 0.337 e. The van der Waals surface area contributed by atoms with Crippen LogP contribution in [0.25, 0.3) is 11.3 Å². The molecule has 198 valence electrons. The molecular weight excluding hydrogens is 512 g/mol. The number of carbonyl (C=O) groups is 2. The maximum absolute atomic E-state index is 12.0. The number of esters is 1. The number of thiocarbonyl (C=S) groups is 1. The van der Waals surface area contributed by atoms with Crippen molar-refractivity contribution in [2.75, 3.05) is 17.3 Å². The zero-order chi connectivity index (χ0) is 27.5. The molecule has 0 aliphatic carbocycles. The van der Waals surface area contributed by atoms with E-state index in [9.17, 15) is 9.59 Å². The van der Waals surface area contributed by atoms with E-state index in [0.717, 1.165) is 28.2 Å². The minimum Gasteiger partial charge on any atom is -0.465 e. The van der Waals surface area contributed by atoms with E-state index in [1.807, 2.05) is 79.4 Å². The fourth-order valence-corrected chi connectivity index (χ4v) is 5.00. The zero-order valence-electron chi connectivity index (χ0n) is 21.8. The molecule has 4 aromatic rings. The fourth-order valence-electron chi connectivity index (χ4n) is 4.65. The predicted molar refractivity (Wildman–Crippen MR) is 154 cm³/mol. The zero-order valence-corrected chi connectivity index (χ0v) is 22.6. The van der Waals surface area contributed by atoms with Crippen LogP contribution in [-0.2, 0) is 9.53 Å². The lowest BCUT2D eigenvalue weighted by Crippen LogP contribution is -2.29. The Bertz CT molecular complexity index is 1520. The van der Waals surface area contributed by atoms with Crippen LogP contribution in [0, 0.1) is 6.92 Å². The number of nitrogens with one attached hydrogen (secondary N) is 2. The first kappa shape index (κ1) is 26.1. The number of amides is 1. The van der Waals surface area contributed by atoms with E-state index in [1.54, 1.807) is 18.3 Å². The average Bonchev–Trinajstić information content (AvgIpc) is 3.59. The van der Waals surface area contributed by atoms with Crippen LogP contribution in [0.2, 0.25) is 0 Å². The van der Waals surface area contributed by atoms with Crippen molar-refractivity contribution in [3.05, 3.63) is 102 Å². The third-order valence-electron chi connectivity index (χ3n) is 6.69. The Morgan fingerprint density at radius 2 is 1.90 bits per heavy atom. The maximum atomic E-state index is 12.0. The summed E-state index contributed by atoms with van der Waals surface area (Å²) < 4.78 is 11.2. The van der Waals surface area contributed by atoms with Crippen LogP contribution in [-0.4, -0.2) is 29.1 Å². The van der Waals surface area contributed by atoms with Crippen LogP contribution in [0.5, 0.6) is 0 Å². The maximum Gasteiger partial charge on any atom is 0.337 e. The molecule has 2 aromatic heterocycles. The van der Waals surface area contributed by atoms with E-state index >= 15 is 0 Å². The summed E-state index contributed by atoms with van der Waals surface area (Å²) in [6.45, 7) is 3.77. The highest BCUT2D eigenvalue weighted by Crippen LogP contribution is 2.43. The number of ether oxygens (including phenoxy) is 1. The number of pyridine rings is 1. The van der Waals surface area contributed by atoms with Gasteiger partial charge >= 0.3 is 5.97 Å². The fraction of sp³-hybridized carbons (Fsp3) is 0.200. The highest BCUT2D eigenvalue weighted by atomic mass is 32.1. The van der Waals surface area contributed by atoms with Gasteiger partial charge in [-0.3, -0.25) is 9.78 Å². The number of carbonyl (C=O) groups excluding carboxylic acids is 2.